The van der Waals surface area contributed by atoms with Gasteiger partial charge in [-0.3, -0.25) is 9.72 Å². The number of thioether (sulfide) groups is 1. The Morgan fingerprint density at radius 3 is 2.89 bits per heavy atom. The van der Waals surface area contributed by atoms with Crippen LogP contribution in [0.25, 0.3) is 5.65 Å². The number of imidazole rings is 1. The van der Waals surface area contributed by atoms with Crippen molar-refractivity contribution in [2.75, 3.05) is 12.4 Å². The molecule has 0 fully saturated rings. The van der Waals surface area contributed by atoms with Crippen molar-refractivity contribution in [3.05, 3.63) is 53.3 Å². The molecule has 27 heavy (non-hydrogen) atoms. The molecule has 2 aromatic heterocycles. The fourth-order valence-corrected chi connectivity index (χ4v) is 3.26. The van der Waals surface area contributed by atoms with Crippen LogP contribution in [0.15, 0.2) is 41.6 Å². The minimum Gasteiger partial charge on any atom is -0.485 e. The Morgan fingerprint density at radius 2 is 2.15 bits per heavy atom. The summed E-state index contributed by atoms with van der Waals surface area (Å²) in [5.74, 6) is 0.595. The van der Waals surface area contributed by atoms with E-state index in [2.05, 4.69) is 20.4 Å². The van der Waals surface area contributed by atoms with E-state index in [0.29, 0.717) is 17.1 Å². The van der Waals surface area contributed by atoms with Gasteiger partial charge in [-0.15, -0.1) is 0 Å². The molecule has 8 heteroatoms. The number of carbonyl (C=O) groups excluding carboxylic acids is 1. The topological polar surface area (TPSA) is 88.6 Å². The van der Waals surface area contributed by atoms with Gasteiger partial charge in [0.2, 0.25) is 0 Å². The van der Waals surface area contributed by atoms with Crippen LogP contribution in [0.1, 0.15) is 16.8 Å². The number of fused-ring (bicyclic) bond motifs is 1. The third-order valence-corrected chi connectivity index (χ3v) is 4.86. The number of hydrogen-bond acceptors (Lipinski definition) is 6. The summed E-state index contributed by atoms with van der Waals surface area (Å²) in [6, 6.07) is 9.27. The molecule has 2 heterocycles. The van der Waals surface area contributed by atoms with Gasteiger partial charge >= 0.3 is 6.09 Å². The Balaban J connectivity index is 1.91. The number of ether oxygens (including phenoxy) is 2. The average molecular weight is 382 g/mol. The molecule has 1 N–H and O–H groups in total. The van der Waals surface area contributed by atoms with Crippen molar-refractivity contribution < 1.29 is 14.3 Å². The van der Waals surface area contributed by atoms with Crippen LogP contribution in [0.4, 0.5) is 10.5 Å². The van der Waals surface area contributed by atoms with Gasteiger partial charge in [-0.25, -0.2) is 9.78 Å². The van der Waals surface area contributed by atoms with E-state index in [0.717, 1.165) is 33.6 Å². The number of nitrogens with one attached hydrogen (secondary N) is 1. The normalized spacial score (nSPS) is 10.4. The third kappa shape index (κ3) is 3.83. The van der Waals surface area contributed by atoms with Crippen molar-refractivity contribution in [1.29, 1.82) is 5.26 Å². The van der Waals surface area contributed by atoms with Crippen molar-refractivity contribution in [2.24, 2.45) is 0 Å². The predicted molar refractivity (Wildman–Crippen MR) is 103 cm³/mol. The van der Waals surface area contributed by atoms with E-state index in [-0.39, 0.29) is 6.61 Å². The van der Waals surface area contributed by atoms with Crippen molar-refractivity contribution in [2.45, 2.75) is 25.5 Å². The summed E-state index contributed by atoms with van der Waals surface area (Å²) in [4.78, 5) is 16.1. The zero-order valence-electron chi connectivity index (χ0n) is 15.1. The van der Waals surface area contributed by atoms with E-state index in [1.807, 2.05) is 48.7 Å². The molecule has 0 aliphatic heterocycles. The number of methoxy groups -OCH3 is 1. The van der Waals surface area contributed by atoms with Gasteiger partial charge < -0.3 is 9.47 Å². The number of thiocyanates is 1. The number of benzene rings is 1. The van der Waals surface area contributed by atoms with E-state index in [4.69, 9.17) is 10.00 Å². The highest BCUT2D eigenvalue weighted by molar-refractivity contribution is 8.03. The molecule has 0 radical (unpaired) electrons. The molecule has 0 bridgehead atoms. The SMILES string of the molecule is COC(=O)Nc1cccc(C)c1COc1cccn2c(SC#N)c(C)nc12. The number of aryl methyl sites for hydroxylation is 2. The summed E-state index contributed by atoms with van der Waals surface area (Å²) in [6.45, 7) is 4.05. The Kier molecular flexibility index (Phi) is 5.52. The molecular formula is C19H18N4O3S. The third-order valence-electron chi connectivity index (χ3n) is 4.08. The lowest BCUT2D eigenvalue weighted by atomic mass is 10.1. The second-order valence-corrected chi connectivity index (χ2v) is 6.54. The number of carbonyl (C=O) groups is 1. The van der Waals surface area contributed by atoms with Gasteiger partial charge in [0.25, 0.3) is 0 Å². The van der Waals surface area contributed by atoms with Crippen LogP contribution in [0.2, 0.25) is 0 Å². The van der Waals surface area contributed by atoms with Crippen molar-refractivity contribution in [1.82, 2.24) is 9.38 Å². The van der Waals surface area contributed by atoms with E-state index in [1.165, 1.54) is 7.11 Å². The van der Waals surface area contributed by atoms with Crippen LogP contribution in [0, 0.1) is 24.5 Å². The Morgan fingerprint density at radius 1 is 1.33 bits per heavy atom. The van der Waals surface area contributed by atoms with Crippen LogP contribution < -0.4 is 10.1 Å². The zero-order chi connectivity index (χ0) is 19.4. The molecule has 0 spiro atoms. The smallest absolute Gasteiger partial charge is 0.411 e. The maximum absolute atomic E-state index is 11.6. The highest BCUT2D eigenvalue weighted by Crippen LogP contribution is 2.29. The largest absolute Gasteiger partial charge is 0.485 e. The van der Waals surface area contributed by atoms with Crippen LogP contribution in [-0.4, -0.2) is 22.6 Å². The number of nitrogens with zero attached hydrogens (tertiary/aromatic N) is 3. The average Bonchev–Trinajstić information content (AvgIpc) is 2.98. The fraction of sp³-hybridized carbons (Fsp3) is 0.211. The number of rotatable bonds is 5. The molecule has 0 saturated carbocycles. The second kappa shape index (κ2) is 8.01. The summed E-state index contributed by atoms with van der Waals surface area (Å²) in [6.07, 6.45) is 1.31. The predicted octanol–water partition coefficient (Wildman–Crippen LogP) is 4.28. The molecule has 1 amide bonds. The highest BCUT2D eigenvalue weighted by Gasteiger charge is 2.15. The number of aromatic nitrogens is 2. The lowest BCUT2D eigenvalue weighted by Gasteiger charge is -2.14. The maximum Gasteiger partial charge on any atom is 0.411 e. The molecule has 0 atom stereocenters. The minimum atomic E-state index is -0.536. The summed E-state index contributed by atoms with van der Waals surface area (Å²) >= 11 is 1.06. The van der Waals surface area contributed by atoms with Crippen LogP contribution in [0.5, 0.6) is 5.75 Å². The van der Waals surface area contributed by atoms with Gasteiger partial charge in [0, 0.05) is 23.5 Å². The van der Waals surface area contributed by atoms with Crippen molar-refractivity contribution in [3.63, 3.8) is 0 Å². The minimum absolute atomic E-state index is 0.248. The van der Waals surface area contributed by atoms with Gasteiger partial charge in [-0.05, 0) is 37.6 Å². The van der Waals surface area contributed by atoms with Crippen LogP contribution >= 0.6 is 11.8 Å². The first-order valence-electron chi connectivity index (χ1n) is 8.15. The lowest BCUT2D eigenvalue weighted by Crippen LogP contribution is -2.14. The molecule has 3 aromatic rings. The Hall–Kier alpha value is -3.18. The summed E-state index contributed by atoms with van der Waals surface area (Å²) < 4.78 is 12.5. The molecule has 0 unspecified atom stereocenters. The summed E-state index contributed by atoms with van der Waals surface area (Å²) in [5, 5.41) is 14.5. The summed E-state index contributed by atoms with van der Waals surface area (Å²) in [7, 11) is 1.32. The molecule has 1 aromatic carbocycles. The molecule has 0 saturated heterocycles. The zero-order valence-corrected chi connectivity index (χ0v) is 16.0. The van der Waals surface area contributed by atoms with Crippen LogP contribution in [-0.2, 0) is 11.3 Å². The molecule has 7 nitrogen and oxygen atoms in total. The van der Waals surface area contributed by atoms with Gasteiger partial charge in [-0.2, -0.15) is 5.26 Å². The monoisotopic (exact) mass is 382 g/mol. The molecular weight excluding hydrogens is 364 g/mol. The first kappa shape index (κ1) is 18.6. The number of amides is 1. The lowest BCUT2D eigenvalue weighted by molar-refractivity contribution is 0.187. The quantitative estimate of drug-likeness (QED) is 0.523. The molecule has 138 valence electrons. The number of hydrogen-bond donors (Lipinski definition) is 1. The number of nitriles is 1. The van der Waals surface area contributed by atoms with E-state index >= 15 is 0 Å². The Labute approximate surface area is 160 Å². The van der Waals surface area contributed by atoms with E-state index in [9.17, 15) is 4.79 Å². The highest BCUT2D eigenvalue weighted by atomic mass is 32.2. The van der Waals surface area contributed by atoms with Crippen LogP contribution in [0.3, 0.4) is 0 Å². The summed E-state index contributed by atoms with van der Waals surface area (Å²) in [5.41, 5.74) is 3.87. The van der Waals surface area contributed by atoms with Gasteiger partial charge in [0.05, 0.1) is 18.5 Å². The second-order valence-electron chi connectivity index (χ2n) is 5.77. The van der Waals surface area contributed by atoms with Gasteiger partial charge in [-0.1, -0.05) is 12.1 Å². The fourth-order valence-electron chi connectivity index (χ4n) is 2.73. The Bertz CT molecular complexity index is 1040. The first-order valence-corrected chi connectivity index (χ1v) is 8.96. The van der Waals surface area contributed by atoms with E-state index in [1.54, 1.807) is 6.07 Å². The molecule has 0 aliphatic carbocycles. The molecule has 0 aliphatic rings. The molecule has 3 rings (SSSR count). The van der Waals surface area contributed by atoms with E-state index < -0.39 is 6.09 Å². The van der Waals surface area contributed by atoms with Gasteiger partial charge in [0.15, 0.2) is 11.4 Å². The number of anilines is 1. The van der Waals surface area contributed by atoms with Gasteiger partial charge in [0.1, 0.15) is 17.0 Å². The first-order chi connectivity index (χ1) is 13.0. The number of pyridine rings is 1. The van der Waals surface area contributed by atoms with Crippen molar-refractivity contribution in [3.8, 4) is 11.2 Å². The standard InChI is InChI=1S/C19H18N4O3S/c1-12-6-4-7-15(22-19(24)25-3)14(12)10-26-16-8-5-9-23-17(16)21-13(2)18(23)27-11-20/h4-9H,10H2,1-3H3,(H,22,24). The van der Waals surface area contributed by atoms with Crippen molar-refractivity contribution >= 4 is 29.2 Å². The maximum atomic E-state index is 11.6.